The third kappa shape index (κ3) is 5.34. The molecule has 0 radical (unpaired) electrons. The fraction of sp³-hybridized carbons (Fsp3) is 0.632. The molecule has 2 aliphatic rings. The van der Waals surface area contributed by atoms with Crippen LogP contribution in [0.2, 0.25) is 0 Å². The van der Waals surface area contributed by atoms with Crippen molar-refractivity contribution in [2.45, 2.75) is 62.7 Å². The SMILES string of the molecule is CNc1cc(NC2CC(F)(F)C2)c(C(=O)NC2CCC(C(F)(F)F)CC2)cc1[N+](=O)[O-]. The number of nitro groups is 1. The third-order valence-electron chi connectivity index (χ3n) is 5.82. The van der Waals surface area contributed by atoms with E-state index in [0.29, 0.717) is 0 Å². The summed E-state index contributed by atoms with van der Waals surface area (Å²) < 4.78 is 64.9. The zero-order valence-electron chi connectivity index (χ0n) is 16.7. The van der Waals surface area contributed by atoms with Crippen molar-refractivity contribution in [1.82, 2.24) is 5.32 Å². The molecule has 3 N–H and O–H groups in total. The van der Waals surface area contributed by atoms with Crippen molar-refractivity contribution in [1.29, 1.82) is 0 Å². The molecular formula is C19H23F5N4O3. The number of carbonyl (C=O) groups is 1. The number of hydrogen-bond acceptors (Lipinski definition) is 5. The number of hydrogen-bond donors (Lipinski definition) is 3. The van der Waals surface area contributed by atoms with E-state index in [-0.39, 0.29) is 48.3 Å². The van der Waals surface area contributed by atoms with Gasteiger partial charge in [0, 0.05) is 43.7 Å². The first-order valence-electron chi connectivity index (χ1n) is 9.92. The predicted molar refractivity (Wildman–Crippen MR) is 104 cm³/mol. The summed E-state index contributed by atoms with van der Waals surface area (Å²) in [6.07, 6.45) is -5.11. The van der Waals surface area contributed by atoms with Gasteiger partial charge in [-0.05, 0) is 31.7 Å². The van der Waals surface area contributed by atoms with E-state index >= 15 is 0 Å². The molecule has 7 nitrogen and oxygen atoms in total. The lowest BCUT2D eigenvalue weighted by molar-refractivity contribution is -0.383. The van der Waals surface area contributed by atoms with Crippen molar-refractivity contribution in [3.63, 3.8) is 0 Å². The maximum absolute atomic E-state index is 13.2. The lowest BCUT2D eigenvalue weighted by Crippen LogP contribution is -2.45. The number of halogens is 5. The summed E-state index contributed by atoms with van der Waals surface area (Å²) in [5, 5.41) is 19.5. The van der Waals surface area contributed by atoms with Crippen LogP contribution in [0, 0.1) is 16.0 Å². The molecule has 12 heteroatoms. The fourth-order valence-corrected chi connectivity index (χ4v) is 4.06. The van der Waals surface area contributed by atoms with E-state index < -0.39 is 53.8 Å². The highest BCUT2D eigenvalue weighted by atomic mass is 19.4. The van der Waals surface area contributed by atoms with Gasteiger partial charge in [0.05, 0.1) is 16.4 Å². The molecular weight excluding hydrogens is 427 g/mol. The Labute approximate surface area is 174 Å². The quantitative estimate of drug-likeness (QED) is 0.332. The average molecular weight is 450 g/mol. The minimum atomic E-state index is -4.28. The second kappa shape index (κ2) is 8.46. The molecule has 0 atom stereocenters. The van der Waals surface area contributed by atoms with Gasteiger partial charge in [0.2, 0.25) is 0 Å². The molecule has 31 heavy (non-hydrogen) atoms. The van der Waals surface area contributed by atoms with E-state index in [1.165, 1.54) is 13.1 Å². The number of benzene rings is 1. The normalized spacial score (nSPS) is 23.5. The minimum absolute atomic E-state index is 0.0980. The maximum Gasteiger partial charge on any atom is 0.391 e. The number of rotatable bonds is 6. The topological polar surface area (TPSA) is 96.3 Å². The van der Waals surface area contributed by atoms with Crippen LogP contribution in [0.5, 0.6) is 0 Å². The third-order valence-corrected chi connectivity index (χ3v) is 5.82. The molecule has 1 aromatic rings. The van der Waals surface area contributed by atoms with Gasteiger partial charge in [-0.2, -0.15) is 13.2 Å². The van der Waals surface area contributed by atoms with Crippen LogP contribution in [-0.4, -0.2) is 42.1 Å². The molecule has 0 unspecified atom stereocenters. The van der Waals surface area contributed by atoms with Crippen LogP contribution in [0.3, 0.4) is 0 Å². The van der Waals surface area contributed by atoms with E-state index in [2.05, 4.69) is 16.0 Å². The largest absolute Gasteiger partial charge is 0.391 e. The Morgan fingerprint density at radius 1 is 1.10 bits per heavy atom. The van der Waals surface area contributed by atoms with Crippen LogP contribution in [-0.2, 0) is 0 Å². The number of anilines is 2. The van der Waals surface area contributed by atoms with Crippen LogP contribution >= 0.6 is 0 Å². The molecule has 2 saturated carbocycles. The van der Waals surface area contributed by atoms with E-state index in [9.17, 15) is 36.9 Å². The van der Waals surface area contributed by atoms with Crippen molar-refractivity contribution >= 4 is 23.0 Å². The van der Waals surface area contributed by atoms with Crippen molar-refractivity contribution in [3.8, 4) is 0 Å². The Balaban J connectivity index is 1.78. The van der Waals surface area contributed by atoms with Crippen LogP contribution in [0.15, 0.2) is 12.1 Å². The van der Waals surface area contributed by atoms with Gasteiger partial charge in [0.1, 0.15) is 5.69 Å². The zero-order chi connectivity index (χ0) is 23.0. The maximum atomic E-state index is 13.2. The van der Waals surface area contributed by atoms with Crippen LogP contribution in [0.25, 0.3) is 0 Å². The first-order valence-corrected chi connectivity index (χ1v) is 9.92. The van der Waals surface area contributed by atoms with E-state index in [0.717, 1.165) is 6.07 Å². The van der Waals surface area contributed by atoms with Crippen LogP contribution < -0.4 is 16.0 Å². The minimum Gasteiger partial charge on any atom is -0.383 e. The highest BCUT2D eigenvalue weighted by molar-refractivity contribution is 6.02. The second-order valence-electron chi connectivity index (χ2n) is 8.09. The molecule has 2 aliphatic carbocycles. The number of nitro benzene ring substituents is 1. The first-order chi connectivity index (χ1) is 14.4. The molecule has 0 aliphatic heterocycles. The van der Waals surface area contributed by atoms with Crippen molar-refractivity contribution in [2.75, 3.05) is 17.7 Å². The Morgan fingerprint density at radius 2 is 1.71 bits per heavy atom. The Hall–Kier alpha value is -2.66. The van der Waals surface area contributed by atoms with E-state index in [4.69, 9.17) is 0 Å². The summed E-state index contributed by atoms with van der Waals surface area (Å²) in [4.78, 5) is 23.5. The van der Waals surface area contributed by atoms with Crippen LogP contribution in [0.4, 0.5) is 39.0 Å². The number of amides is 1. The predicted octanol–water partition coefficient (Wildman–Crippen LogP) is 4.70. The van der Waals surface area contributed by atoms with Crippen molar-refractivity contribution < 1.29 is 31.7 Å². The standard InChI is InChI=1S/C19H23F5N4O3/c1-25-15-7-14(26-12-8-18(20,21)9-12)13(6-16(15)28(30)31)17(29)27-11-4-2-10(3-5-11)19(22,23)24/h6-7,10-12,25-26H,2-5,8-9H2,1H3,(H,27,29). The molecule has 1 aromatic carbocycles. The first kappa shape index (κ1) is 23.0. The smallest absolute Gasteiger partial charge is 0.383 e. The molecule has 0 saturated heterocycles. The summed E-state index contributed by atoms with van der Waals surface area (Å²) >= 11 is 0. The van der Waals surface area contributed by atoms with E-state index in [1.54, 1.807) is 0 Å². The van der Waals surface area contributed by atoms with Gasteiger partial charge in [0.25, 0.3) is 17.5 Å². The number of carbonyl (C=O) groups excluding carboxylic acids is 1. The van der Waals surface area contributed by atoms with Gasteiger partial charge >= 0.3 is 6.18 Å². The Morgan fingerprint density at radius 3 is 2.19 bits per heavy atom. The summed E-state index contributed by atoms with van der Waals surface area (Å²) in [7, 11) is 1.45. The lowest BCUT2D eigenvalue weighted by atomic mass is 9.85. The van der Waals surface area contributed by atoms with Gasteiger partial charge in [0.15, 0.2) is 0 Å². The second-order valence-corrected chi connectivity index (χ2v) is 8.09. The molecule has 172 valence electrons. The summed E-state index contributed by atoms with van der Waals surface area (Å²) in [5.74, 6) is -4.91. The van der Waals surface area contributed by atoms with Crippen molar-refractivity contribution in [3.05, 3.63) is 27.8 Å². The number of alkyl halides is 5. The molecule has 1 amide bonds. The van der Waals surface area contributed by atoms with Crippen molar-refractivity contribution in [2.24, 2.45) is 5.92 Å². The molecule has 0 aromatic heterocycles. The fourth-order valence-electron chi connectivity index (χ4n) is 4.06. The van der Waals surface area contributed by atoms with Gasteiger partial charge in [-0.25, -0.2) is 8.78 Å². The molecule has 2 fully saturated rings. The molecule has 3 rings (SSSR count). The summed E-state index contributed by atoms with van der Waals surface area (Å²) in [5.41, 5.74) is -0.241. The number of nitrogens with zero attached hydrogens (tertiary/aromatic N) is 1. The summed E-state index contributed by atoms with van der Waals surface area (Å²) in [6, 6.07) is 1.25. The zero-order valence-corrected chi connectivity index (χ0v) is 16.7. The molecule has 0 heterocycles. The highest BCUT2D eigenvalue weighted by Gasteiger charge is 2.46. The van der Waals surface area contributed by atoms with Gasteiger partial charge in [-0.15, -0.1) is 0 Å². The van der Waals surface area contributed by atoms with Gasteiger partial charge in [-0.3, -0.25) is 14.9 Å². The Kier molecular flexibility index (Phi) is 6.28. The van der Waals surface area contributed by atoms with Gasteiger partial charge < -0.3 is 16.0 Å². The molecule has 0 bridgehead atoms. The summed E-state index contributed by atoms with van der Waals surface area (Å²) in [6.45, 7) is 0. The van der Waals surface area contributed by atoms with Crippen LogP contribution in [0.1, 0.15) is 48.9 Å². The van der Waals surface area contributed by atoms with E-state index in [1.807, 2.05) is 0 Å². The van der Waals surface area contributed by atoms with Gasteiger partial charge in [-0.1, -0.05) is 0 Å². The average Bonchev–Trinajstić information content (AvgIpc) is 2.65. The lowest BCUT2D eigenvalue weighted by Gasteiger charge is -2.36. The number of nitrogens with one attached hydrogen (secondary N) is 3. The molecule has 0 spiro atoms. The highest BCUT2D eigenvalue weighted by Crippen LogP contribution is 2.41. The Bertz CT molecular complexity index is 846. The monoisotopic (exact) mass is 450 g/mol.